The lowest BCUT2D eigenvalue weighted by atomic mass is 9.90. The van der Waals surface area contributed by atoms with E-state index >= 15 is 4.39 Å². The Hall–Kier alpha value is -6.28. The van der Waals surface area contributed by atoms with E-state index in [4.69, 9.17) is 9.47 Å². The van der Waals surface area contributed by atoms with Crippen LogP contribution in [-0.2, 0) is 19.1 Å². The van der Waals surface area contributed by atoms with E-state index in [2.05, 4.69) is 30.3 Å². The Morgan fingerprint density at radius 2 is 1.68 bits per heavy atom. The van der Waals surface area contributed by atoms with Gasteiger partial charge in [0.2, 0.25) is 11.8 Å². The largest absolute Gasteiger partial charge is 0.573 e. The number of pyridine rings is 1. The van der Waals surface area contributed by atoms with E-state index in [-0.39, 0.29) is 53.0 Å². The first-order valence-electron chi connectivity index (χ1n) is 21.8. The summed E-state index contributed by atoms with van der Waals surface area (Å²) in [4.78, 5) is 70.2. The minimum atomic E-state index is -5.15. The Morgan fingerprint density at radius 1 is 0.970 bits per heavy atom. The third-order valence-corrected chi connectivity index (χ3v) is 12.4. The van der Waals surface area contributed by atoms with E-state index < -0.39 is 53.1 Å². The quantitative estimate of drug-likeness (QED) is 0.113. The average molecular weight is 923 g/mol. The summed E-state index contributed by atoms with van der Waals surface area (Å²) >= 11 is 0. The first-order valence-corrected chi connectivity index (χ1v) is 21.8. The van der Waals surface area contributed by atoms with Crippen LogP contribution < -0.4 is 20.3 Å². The van der Waals surface area contributed by atoms with E-state index in [9.17, 15) is 37.5 Å². The Bertz CT molecular complexity index is 2390. The topological polar surface area (TPSA) is 192 Å². The van der Waals surface area contributed by atoms with Gasteiger partial charge in [-0.2, -0.15) is 0 Å². The number of halogens is 4. The molecule has 2 aromatic heterocycles. The molecule has 3 aliphatic heterocycles. The molecule has 16 nitrogen and oxygen atoms in total. The molecule has 4 unspecified atom stereocenters. The van der Waals surface area contributed by atoms with Crippen molar-refractivity contribution in [3.05, 3.63) is 78.1 Å². The second-order valence-electron chi connectivity index (χ2n) is 17.7. The van der Waals surface area contributed by atoms with E-state index in [1.807, 2.05) is 18.7 Å². The summed E-state index contributed by atoms with van der Waals surface area (Å²) in [5, 5.41) is 14.7. The van der Waals surface area contributed by atoms with Crippen LogP contribution in [0.5, 0.6) is 5.75 Å². The number of carbonyl (C=O) groups excluding carboxylic acids is 4. The number of amides is 4. The van der Waals surface area contributed by atoms with Crippen molar-refractivity contribution in [1.29, 1.82) is 0 Å². The molecule has 3 saturated heterocycles. The highest BCUT2D eigenvalue weighted by molar-refractivity contribution is 6.04. The highest BCUT2D eigenvalue weighted by Gasteiger charge is 2.42. The van der Waals surface area contributed by atoms with Crippen LogP contribution in [0, 0.1) is 23.1 Å². The van der Waals surface area contributed by atoms with Crippen LogP contribution in [0.2, 0.25) is 0 Å². The molecule has 4 N–H and O–H groups in total. The number of nitrogens with one attached hydrogen (secondary N) is 3. The molecule has 2 aromatic carbocycles. The van der Waals surface area contributed by atoms with Gasteiger partial charge in [0.15, 0.2) is 0 Å². The number of rotatable bonds is 12. The van der Waals surface area contributed by atoms with Crippen molar-refractivity contribution >= 4 is 35.3 Å². The number of alkyl carbamates (subject to hydrolysis) is 1. The smallest absolute Gasteiger partial charge is 0.453 e. The molecule has 66 heavy (non-hydrogen) atoms. The number of piperazine rings is 1. The number of benzene rings is 2. The van der Waals surface area contributed by atoms with E-state index in [0.717, 1.165) is 12.1 Å². The second-order valence-corrected chi connectivity index (χ2v) is 17.7. The maximum Gasteiger partial charge on any atom is 0.573 e. The van der Waals surface area contributed by atoms with Gasteiger partial charge in [0, 0.05) is 63.3 Å². The van der Waals surface area contributed by atoms with Crippen LogP contribution in [0.4, 0.5) is 33.9 Å². The fourth-order valence-electron chi connectivity index (χ4n) is 8.77. The van der Waals surface area contributed by atoms with Crippen LogP contribution >= 0.6 is 0 Å². The lowest BCUT2D eigenvalue weighted by Crippen LogP contribution is -2.56. The molecule has 20 heteroatoms. The fraction of sp³-hybridized carbons (Fsp3) is 0.478. The number of alkyl halides is 3. The summed E-state index contributed by atoms with van der Waals surface area (Å²) in [6.45, 7) is 9.63. The van der Waals surface area contributed by atoms with Gasteiger partial charge >= 0.3 is 12.5 Å². The number of H-pyrrole nitrogens is 1. The highest BCUT2D eigenvalue weighted by atomic mass is 19.4. The predicted octanol–water partition coefficient (Wildman–Crippen LogP) is 6.55. The Kier molecular flexibility index (Phi) is 14.2. The summed E-state index contributed by atoms with van der Waals surface area (Å²) in [5.41, 5.74) is -0.335. The second kappa shape index (κ2) is 19.7. The van der Waals surface area contributed by atoms with E-state index in [0.29, 0.717) is 81.6 Å². The van der Waals surface area contributed by atoms with Gasteiger partial charge in [-0.05, 0) is 81.2 Å². The van der Waals surface area contributed by atoms with Gasteiger partial charge < -0.3 is 49.6 Å². The van der Waals surface area contributed by atoms with Gasteiger partial charge in [0.05, 0.1) is 48.3 Å². The van der Waals surface area contributed by atoms with Crippen molar-refractivity contribution in [2.75, 3.05) is 63.3 Å². The summed E-state index contributed by atoms with van der Waals surface area (Å²) in [6, 6.07) is 9.52. The van der Waals surface area contributed by atoms with Crippen molar-refractivity contribution in [2.45, 2.75) is 71.4 Å². The number of aliphatic hydroxyl groups is 1. The summed E-state index contributed by atoms with van der Waals surface area (Å²) in [6.07, 6.45) is -1.20. The van der Waals surface area contributed by atoms with Crippen LogP contribution in [0.25, 0.3) is 22.4 Å². The number of aromatic amines is 1. The zero-order chi connectivity index (χ0) is 47.5. The van der Waals surface area contributed by atoms with Crippen LogP contribution in [0.15, 0.2) is 60.9 Å². The lowest BCUT2D eigenvalue weighted by Gasteiger charge is -2.42. The third-order valence-electron chi connectivity index (χ3n) is 12.4. The van der Waals surface area contributed by atoms with Crippen molar-refractivity contribution in [3.8, 4) is 28.1 Å². The maximum absolute atomic E-state index is 15.7. The Balaban J connectivity index is 1.05. The van der Waals surface area contributed by atoms with Crippen molar-refractivity contribution in [3.63, 3.8) is 0 Å². The number of methoxy groups -OCH3 is 1. The van der Waals surface area contributed by atoms with Crippen LogP contribution in [0.1, 0.15) is 69.2 Å². The zero-order valence-corrected chi connectivity index (χ0v) is 37.3. The molecule has 0 spiro atoms. The lowest BCUT2D eigenvalue weighted by molar-refractivity contribution is -0.274. The first-order chi connectivity index (χ1) is 31.3. The molecule has 0 aliphatic carbocycles. The number of aromatic nitrogens is 3. The van der Waals surface area contributed by atoms with E-state index in [1.54, 1.807) is 48.0 Å². The summed E-state index contributed by atoms with van der Waals surface area (Å²) in [7, 11) is 1.24. The SMILES string of the molecule is COC(=O)NC(C(=O)N1CC(C)CC1c1ncc(-c2ccc(-c3cc(F)c(NC(=O)c4ccc(N5CCN(C(=O)C(C)(C)CO)CC5C)nc4)cc3OC(F)(F)F)cc2)[nH]1)C1CCOCC1. The molecule has 0 saturated carbocycles. The number of nitrogens with zero attached hydrogens (tertiary/aromatic N) is 5. The summed E-state index contributed by atoms with van der Waals surface area (Å²) < 4.78 is 71.7. The molecule has 354 valence electrons. The number of carbonyl (C=O) groups is 4. The van der Waals surface area contributed by atoms with Gasteiger partial charge in [0.1, 0.15) is 29.3 Å². The minimum Gasteiger partial charge on any atom is -0.453 e. The number of imidazole rings is 1. The number of aliphatic hydroxyl groups excluding tert-OH is 1. The normalized spacial score (nSPS) is 19.9. The monoisotopic (exact) mass is 922 g/mol. The number of ether oxygens (including phenoxy) is 3. The van der Waals surface area contributed by atoms with Gasteiger partial charge in [-0.25, -0.2) is 19.2 Å². The summed E-state index contributed by atoms with van der Waals surface area (Å²) in [5.74, 6) is -1.97. The standard InChI is InChI=1S/C46H54F4N8O8/c1-26-18-36(58(23-26)42(61)39(55-44(63)64-5)30-12-16-65-17-13-30)40-52-22-35(53-40)29-8-6-28(7-9-29)32-19-33(47)34(20-37(32)66-46(48,49)50)54-41(60)31-10-11-38(51-21-31)57-15-14-56(24-27(57)2)43(62)45(3,4)25-59/h6-11,19-22,26-27,30,36,39,59H,12-18,23-25H2,1-5H3,(H,52,53)(H,54,60)(H,55,63). The van der Waals surface area contributed by atoms with Gasteiger partial charge in [-0.15, -0.1) is 13.2 Å². The predicted molar refractivity (Wildman–Crippen MR) is 234 cm³/mol. The van der Waals surface area contributed by atoms with Gasteiger partial charge in [-0.1, -0.05) is 31.2 Å². The molecule has 4 atom stereocenters. The number of anilines is 2. The van der Waals surface area contributed by atoms with Crippen molar-refractivity contribution in [1.82, 2.24) is 30.1 Å². The van der Waals surface area contributed by atoms with Gasteiger partial charge in [-0.3, -0.25) is 14.4 Å². The average Bonchev–Trinajstić information content (AvgIpc) is 3.95. The molecule has 0 radical (unpaired) electrons. The highest BCUT2D eigenvalue weighted by Crippen LogP contribution is 2.40. The molecular formula is C46H54F4N8O8. The molecule has 0 bridgehead atoms. The number of hydrogen-bond acceptors (Lipinski definition) is 11. The van der Waals surface area contributed by atoms with Crippen molar-refractivity contribution in [2.24, 2.45) is 17.3 Å². The number of hydrogen-bond donors (Lipinski definition) is 4. The first kappa shape index (κ1) is 47.7. The fourth-order valence-corrected chi connectivity index (χ4v) is 8.77. The molecule has 4 amide bonds. The van der Waals surface area contributed by atoms with Crippen LogP contribution in [-0.4, -0.2) is 125 Å². The van der Waals surface area contributed by atoms with Crippen molar-refractivity contribution < 1.29 is 56.1 Å². The Morgan fingerprint density at radius 3 is 2.32 bits per heavy atom. The minimum absolute atomic E-state index is 0.0146. The maximum atomic E-state index is 15.7. The van der Waals surface area contributed by atoms with Crippen LogP contribution in [0.3, 0.4) is 0 Å². The molecular weight excluding hydrogens is 869 g/mol. The zero-order valence-electron chi connectivity index (χ0n) is 37.3. The Labute approximate surface area is 379 Å². The molecule has 3 aliphatic rings. The van der Waals surface area contributed by atoms with Gasteiger partial charge in [0.25, 0.3) is 5.91 Å². The third kappa shape index (κ3) is 10.7. The molecule has 7 rings (SSSR count). The molecule has 3 fully saturated rings. The molecule has 5 heterocycles. The molecule has 4 aromatic rings. The number of likely N-dealkylation sites (tertiary alicyclic amines) is 1. The van der Waals surface area contributed by atoms with E-state index in [1.165, 1.54) is 31.5 Å².